The highest BCUT2D eigenvalue weighted by molar-refractivity contribution is 7.85. The van der Waals surface area contributed by atoms with E-state index in [1.54, 1.807) is 9.48 Å². The van der Waals surface area contributed by atoms with Crippen molar-refractivity contribution in [3.8, 4) is 0 Å². The van der Waals surface area contributed by atoms with Gasteiger partial charge in [-0.3, -0.25) is 18.8 Å². The first-order valence-corrected chi connectivity index (χ1v) is 12.7. The predicted octanol–water partition coefficient (Wildman–Crippen LogP) is 1.61. The number of unbranched alkanes of at least 4 members (excludes halogenated alkanes) is 6. The average Bonchev–Trinajstić information content (AvgIpc) is 3.04. The van der Waals surface area contributed by atoms with E-state index in [0.717, 1.165) is 38.5 Å². The number of hydrogen-bond donors (Lipinski definition) is 3. The van der Waals surface area contributed by atoms with E-state index in [-0.39, 0.29) is 18.9 Å². The molecule has 174 valence electrons. The quantitative estimate of drug-likeness (QED) is 0.134. The Labute approximate surface area is 181 Å². The van der Waals surface area contributed by atoms with E-state index in [2.05, 4.69) is 19.1 Å². The zero-order valence-corrected chi connectivity index (χ0v) is 19.0. The largest absolute Gasteiger partial charge is 0.392 e. The molecule has 0 aliphatic carbocycles. The number of carbonyl (C=O) groups excluding carboxylic acids is 1. The molecule has 0 aromatic carbocycles. The summed E-state index contributed by atoms with van der Waals surface area (Å²) in [5, 5.41) is 19.2. The van der Waals surface area contributed by atoms with Gasteiger partial charge in [-0.1, -0.05) is 44.8 Å². The van der Waals surface area contributed by atoms with E-state index in [1.165, 1.54) is 12.8 Å². The van der Waals surface area contributed by atoms with Gasteiger partial charge in [-0.2, -0.15) is 8.42 Å². The van der Waals surface area contributed by atoms with Gasteiger partial charge in [0.2, 0.25) is 5.78 Å². The molecule has 1 rings (SSSR count). The third-order valence-electron chi connectivity index (χ3n) is 5.12. The van der Waals surface area contributed by atoms with Crippen LogP contribution in [0.5, 0.6) is 0 Å². The van der Waals surface area contributed by atoms with Crippen LogP contribution in [-0.2, 0) is 14.9 Å². The standard InChI is InChI=1S/C21H38N2O6S/c1-2-3-4-5-6-7-8-9-10-11-12-20(26)21-22(15-16-24)13-14-23(21)17-19(25)18-30(27,28)29/h3-4,19,24-25H,2,5-18H2,1H3/p+1/b4-3+. The van der Waals surface area contributed by atoms with Crippen LogP contribution >= 0.6 is 0 Å². The van der Waals surface area contributed by atoms with Crippen LogP contribution in [0.1, 0.15) is 64.7 Å². The molecular formula is C21H39N2O6S+. The number of ketones is 1. The minimum atomic E-state index is -4.29. The van der Waals surface area contributed by atoms with Crippen LogP contribution in [0.4, 0.5) is 0 Å². The Hall–Kier alpha value is -1.29. The SMILES string of the molecule is CC/C=C/CCCCCCCCC(=O)C1=[N+](CC(O)CS(=O)(=O)O)CCN1CCO. The summed E-state index contributed by atoms with van der Waals surface area (Å²) >= 11 is 0. The fourth-order valence-electron chi connectivity index (χ4n) is 3.72. The van der Waals surface area contributed by atoms with E-state index < -0.39 is 22.0 Å². The zero-order chi connectivity index (χ0) is 22.4. The van der Waals surface area contributed by atoms with E-state index >= 15 is 0 Å². The smallest absolute Gasteiger partial charge is 0.316 e. The van der Waals surface area contributed by atoms with Crippen molar-refractivity contribution in [2.75, 3.05) is 38.5 Å². The molecular weight excluding hydrogens is 408 g/mol. The molecule has 3 N–H and O–H groups in total. The Morgan fingerprint density at radius 3 is 2.47 bits per heavy atom. The summed E-state index contributed by atoms with van der Waals surface area (Å²) in [6.45, 7) is 3.31. The first-order valence-electron chi connectivity index (χ1n) is 11.1. The normalized spacial score (nSPS) is 16.1. The monoisotopic (exact) mass is 447 g/mol. The van der Waals surface area contributed by atoms with E-state index in [4.69, 9.17) is 4.55 Å². The lowest BCUT2D eigenvalue weighted by molar-refractivity contribution is -0.525. The van der Waals surface area contributed by atoms with Crippen LogP contribution in [0.25, 0.3) is 0 Å². The number of carbonyl (C=O) groups is 1. The van der Waals surface area contributed by atoms with Gasteiger partial charge in [-0.05, 0) is 25.7 Å². The van der Waals surface area contributed by atoms with E-state index in [0.29, 0.717) is 31.9 Å². The molecule has 9 heteroatoms. The highest BCUT2D eigenvalue weighted by Gasteiger charge is 2.36. The zero-order valence-electron chi connectivity index (χ0n) is 18.2. The number of amidine groups is 1. The number of rotatable bonds is 17. The van der Waals surface area contributed by atoms with Crippen molar-refractivity contribution in [1.29, 1.82) is 0 Å². The summed E-state index contributed by atoms with van der Waals surface area (Å²) in [4.78, 5) is 14.6. The lowest BCUT2D eigenvalue weighted by atomic mass is 10.1. The molecule has 0 aromatic rings. The van der Waals surface area contributed by atoms with Gasteiger partial charge in [0.15, 0.2) is 0 Å². The number of Topliss-reactive ketones (excluding diaryl/α,β-unsaturated/α-hetero) is 1. The van der Waals surface area contributed by atoms with Crippen molar-refractivity contribution < 1.29 is 32.6 Å². The van der Waals surface area contributed by atoms with Gasteiger partial charge in [-0.15, -0.1) is 0 Å². The number of nitrogens with zero attached hydrogens (tertiary/aromatic N) is 2. The van der Waals surface area contributed by atoms with Crippen molar-refractivity contribution in [2.45, 2.75) is 70.8 Å². The van der Waals surface area contributed by atoms with E-state index in [9.17, 15) is 23.4 Å². The Balaban J connectivity index is 2.48. The van der Waals surface area contributed by atoms with Crippen molar-refractivity contribution in [1.82, 2.24) is 4.90 Å². The van der Waals surface area contributed by atoms with Crippen LogP contribution in [0, 0.1) is 0 Å². The second kappa shape index (κ2) is 14.7. The minimum absolute atomic E-state index is 0.0464. The highest BCUT2D eigenvalue weighted by atomic mass is 32.2. The average molecular weight is 448 g/mol. The number of hydrogen-bond acceptors (Lipinski definition) is 6. The molecule has 1 atom stereocenters. The molecule has 1 unspecified atom stereocenters. The number of aliphatic hydroxyl groups is 2. The Kier molecular flexibility index (Phi) is 13.1. The topological polar surface area (TPSA) is 118 Å². The summed E-state index contributed by atoms with van der Waals surface area (Å²) in [6.07, 6.45) is 12.2. The maximum Gasteiger partial charge on any atom is 0.316 e. The summed E-state index contributed by atoms with van der Waals surface area (Å²) in [5.74, 6) is -0.384. The predicted molar refractivity (Wildman–Crippen MR) is 117 cm³/mol. The maximum absolute atomic E-state index is 12.8. The molecule has 1 aliphatic rings. The molecule has 0 fully saturated rings. The van der Waals surface area contributed by atoms with Crippen LogP contribution in [-0.4, -0.2) is 88.9 Å². The van der Waals surface area contributed by atoms with Crippen LogP contribution in [0.3, 0.4) is 0 Å². The fourth-order valence-corrected chi connectivity index (χ4v) is 4.32. The lowest BCUT2D eigenvalue weighted by Gasteiger charge is -2.13. The maximum atomic E-state index is 12.8. The van der Waals surface area contributed by atoms with E-state index in [1.807, 2.05) is 0 Å². The molecule has 0 spiro atoms. The van der Waals surface area contributed by atoms with Crippen LogP contribution < -0.4 is 0 Å². The number of β-amino-alcohol motifs (C(OH)–C–C–N with tert-alkyl or cyclic N) is 2. The Bertz CT molecular complexity index is 675. The molecule has 0 aromatic heterocycles. The summed E-state index contributed by atoms with van der Waals surface area (Å²) in [5.41, 5.74) is 0. The van der Waals surface area contributed by atoms with Crippen molar-refractivity contribution in [3.05, 3.63) is 12.2 Å². The van der Waals surface area contributed by atoms with Crippen LogP contribution in [0.15, 0.2) is 12.2 Å². The minimum Gasteiger partial charge on any atom is -0.392 e. The Morgan fingerprint density at radius 2 is 1.83 bits per heavy atom. The molecule has 30 heavy (non-hydrogen) atoms. The lowest BCUT2D eigenvalue weighted by Crippen LogP contribution is -2.40. The van der Waals surface area contributed by atoms with Crippen molar-refractivity contribution in [2.24, 2.45) is 0 Å². The summed E-state index contributed by atoms with van der Waals surface area (Å²) in [6, 6.07) is 0. The first kappa shape index (κ1) is 26.7. The van der Waals surface area contributed by atoms with Gasteiger partial charge in [0.05, 0.1) is 6.61 Å². The fraction of sp³-hybridized carbons (Fsp3) is 0.810. The molecule has 1 heterocycles. The number of allylic oxidation sites excluding steroid dienone is 2. The van der Waals surface area contributed by atoms with Gasteiger partial charge in [0, 0.05) is 6.42 Å². The third kappa shape index (κ3) is 11.2. The van der Waals surface area contributed by atoms with Gasteiger partial charge in [0.1, 0.15) is 38.0 Å². The Morgan fingerprint density at radius 1 is 1.17 bits per heavy atom. The van der Waals surface area contributed by atoms with Gasteiger partial charge < -0.3 is 10.2 Å². The molecule has 0 bridgehead atoms. The molecule has 0 saturated heterocycles. The van der Waals surface area contributed by atoms with Crippen molar-refractivity contribution >= 4 is 21.7 Å². The molecule has 0 amide bonds. The summed E-state index contributed by atoms with van der Waals surface area (Å²) < 4.78 is 32.5. The second-order valence-electron chi connectivity index (χ2n) is 7.85. The molecule has 1 aliphatic heterocycles. The molecule has 8 nitrogen and oxygen atoms in total. The summed E-state index contributed by atoms with van der Waals surface area (Å²) in [7, 11) is -4.29. The van der Waals surface area contributed by atoms with Gasteiger partial charge in [-0.25, -0.2) is 0 Å². The van der Waals surface area contributed by atoms with Gasteiger partial charge in [0.25, 0.3) is 10.1 Å². The third-order valence-corrected chi connectivity index (χ3v) is 5.93. The van der Waals surface area contributed by atoms with Crippen molar-refractivity contribution in [3.63, 3.8) is 0 Å². The molecule has 0 radical (unpaired) electrons. The van der Waals surface area contributed by atoms with Crippen LogP contribution in [0.2, 0.25) is 0 Å². The first-order chi connectivity index (χ1) is 14.3. The van der Waals surface area contributed by atoms with Gasteiger partial charge >= 0.3 is 5.84 Å². The second-order valence-corrected chi connectivity index (χ2v) is 9.34. The highest BCUT2D eigenvalue weighted by Crippen LogP contribution is 2.12. The molecule has 0 saturated carbocycles. The number of aliphatic hydroxyl groups excluding tert-OH is 2.